The quantitative estimate of drug-likeness (QED) is 0.341. The first-order valence-electron chi connectivity index (χ1n) is 8.84. The number of hydrogen-bond acceptors (Lipinski definition) is 1. The maximum atomic E-state index is 10.5. The largest absolute Gasteiger partial charge is 0.299 e. The number of carbonyl (C=O) groups is 1. The molecule has 0 amide bonds. The van der Waals surface area contributed by atoms with Gasteiger partial charge in [0.25, 0.3) is 0 Å². The molecule has 2 aliphatic carbocycles. The molecule has 1 atom stereocenters. The van der Waals surface area contributed by atoms with Crippen LogP contribution in [0.2, 0.25) is 0 Å². The molecule has 0 heterocycles. The van der Waals surface area contributed by atoms with Crippen molar-refractivity contribution in [1.29, 1.82) is 0 Å². The van der Waals surface area contributed by atoms with E-state index in [1.807, 2.05) is 13.0 Å². The minimum atomic E-state index is 0.392. The van der Waals surface area contributed by atoms with Crippen LogP contribution in [0.5, 0.6) is 0 Å². The van der Waals surface area contributed by atoms with Gasteiger partial charge in [0, 0.05) is 0 Å². The van der Waals surface area contributed by atoms with E-state index >= 15 is 0 Å². The summed E-state index contributed by atoms with van der Waals surface area (Å²) in [5.41, 5.74) is 7.39. The maximum absolute atomic E-state index is 10.5. The first-order valence-corrected chi connectivity index (χ1v) is 8.84. The first-order chi connectivity index (χ1) is 11.0. The molecule has 0 saturated carbocycles. The van der Waals surface area contributed by atoms with Gasteiger partial charge in [-0.15, -0.1) is 0 Å². The van der Waals surface area contributed by atoms with Crippen molar-refractivity contribution in [1.82, 2.24) is 0 Å². The number of aldehydes is 1. The molecular formula is C22H30O. The van der Waals surface area contributed by atoms with E-state index in [0.717, 1.165) is 11.9 Å². The van der Waals surface area contributed by atoms with E-state index in [1.165, 1.54) is 49.7 Å². The lowest BCUT2D eigenvalue weighted by molar-refractivity contribution is -0.104. The standard InChI is InChI=1S/C22H30O/c1-17(12-15-23)8-5-9-18(2)20-11-7-14-22(4)13-6-10-19(3)21(22)16-20/h5,8-9,12,15-16H,6-7,10-11,13-14H2,1-4H3/b8-5+,17-12+,18-9+/t22-/m1/s1. The van der Waals surface area contributed by atoms with Crippen LogP contribution in [0.25, 0.3) is 0 Å². The molecule has 0 N–H and O–H groups in total. The molecule has 0 bridgehead atoms. The van der Waals surface area contributed by atoms with E-state index in [1.54, 1.807) is 17.2 Å². The van der Waals surface area contributed by atoms with Crippen LogP contribution >= 0.6 is 0 Å². The predicted octanol–water partition coefficient (Wildman–Crippen LogP) is 6.25. The van der Waals surface area contributed by atoms with E-state index in [-0.39, 0.29) is 0 Å². The zero-order valence-electron chi connectivity index (χ0n) is 15.1. The molecule has 0 saturated heterocycles. The van der Waals surface area contributed by atoms with Crippen LogP contribution in [-0.4, -0.2) is 6.29 Å². The second-order valence-corrected chi connectivity index (χ2v) is 7.39. The third-order valence-electron chi connectivity index (χ3n) is 5.43. The summed E-state index contributed by atoms with van der Waals surface area (Å²) in [6.45, 7) is 8.92. The van der Waals surface area contributed by atoms with Crippen molar-refractivity contribution in [2.24, 2.45) is 5.41 Å². The van der Waals surface area contributed by atoms with Gasteiger partial charge in [-0.25, -0.2) is 0 Å². The summed E-state index contributed by atoms with van der Waals surface area (Å²) in [4.78, 5) is 10.5. The Morgan fingerprint density at radius 1 is 1.13 bits per heavy atom. The van der Waals surface area contributed by atoms with Crippen LogP contribution in [0.4, 0.5) is 0 Å². The Morgan fingerprint density at radius 2 is 1.83 bits per heavy atom. The molecule has 0 unspecified atom stereocenters. The van der Waals surface area contributed by atoms with Crippen LogP contribution in [0.3, 0.4) is 0 Å². The van der Waals surface area contributed by atoms with Gasteiger partial charge in [-0.2, -0.15) is 0 Å². The molecular weight excluding hydrogens is 280 g/mol. The van der Waals surface area contributed by atoms with Gasteiger partial charge >= 0.3 is 0 Å². The van der Waals surface area contributed by atoms with Crippen LogP contribution in [0, 0.1) is 5.41 Å². The minimum absolute atomic E-state index is 0.392. The normalized spacial score (nSPS) is 26.9. The van der Waals surface area contributed by atoms with Gasteiger partial charge in [-0.3, -0.25) is 4.79 Å². The molecule has 1 nitrogen and oxygen atoms in total. The van der Waals surface area contributed by atoms with Crippen molar-refractivity contribution in [3.8, 4) is 0 Å². The molecule has 2 aliphatic rings. The fraction of sp³-hybridized carbons (Fsp3) is 0.500. The molecule has 0 spiro atoms. The Bertz CT molecular complexity index is 610. The van der Waals surface area contributed by atoms with Crippen LogP contribution < -0.4 is 0 Å². The number of rotatable bonds is 4. The lowest BCUT2D eigenvalue weighted by Gasteiger charge is -2.35. The highest BCUT2D eigenvalue weighted by molar-refractivity contribution is 5.67. The SMILES string of the molecule is CC1=C2C=C(/C(C)=C/C=C/C(C)=C/C=O)CCC[C@@]2(C)CCC1. The van der Waals surface area contributed by atoms with Crippen molar-refractivity contribution in [2.45, 2.75) is 66.2 Å². The van der Waals surface area contributed by atoms with Crippen LogP contribution in [0.15, 0.2) is 58.2 Å². The number of allylic oxidation sites excluding steroid dienone is 10. The fourth-order valence-electron chi connectivity index (χ4n) is 3.93. The lowest BCUT2D eigenvalue weighted by Crippen LogP contribution is -2.22. The summed E-state index contributed by atoms with van der Waals surface area (Å²) in [6, 6.07) is 0. The minimum Gasteiger partial charge on any atom is -0.299 e. The molecule has 2 rings (SSSR count). The van der Waals surface area contributed by atoms with Crippen molar-refractivity contribution < 1.29 is 4.79 Å². The van der Waals surface area contributed by atoms with E-state index in [2.05, 4.69) is 39.0 Å². The van der Waals surface area contributed by atoms with Crippen molar-refractivity contribution in [3.05, 3.63) is 58.2 Å². The molecule has 0 aromatic heterocycles. The molecule has 0 aromatic carbocycles. The lowest BCUT2D eigenvalue weighted by atomic mass is 9.69. The Kier molecular flexibility index (Phi) is 5.98. The zero-order chi connectivity index (χ0) is 16.9. The summed E-state index contributed by atoms with van der Waals surface area (Å²) in [5, 5.41) is 0. The Hall–Kier alpha value is -1.63. The molecule has 124 valence electrons. The summed E-state index contributed by atoms with van der Waals surface area (Å²) in [5.74, 6) is 0. The van der Waals surface area contributed by atoms with Gasteiger partial charge in [0.1, 0.15) is 6.29 Å². The Balaban J connectivity index is 2.26. The second kappa shape index (κ2) is 7.77. The summed E-state index contributed by atoms with van der Waals surface area (Å²) in [6.07, 6.45) is 18.8. The molecule has 1 heteroatoms. The second-order valence-electron chi connectivity index (χ2n) is 7.39. The van der Waals surface area contributed by atoms with E-state index in [4.69, 9.17) is 0 Å². The van der Waals surface area contributed by atoms with Crippen molar-refractivity contribution in [3.63, 3.8) is 0 Å². The van der Waals surface area contributed by atoms with Crippen molar-refractivity contribution in [2.75, 3.05) is 0 Å². The zero-order valence-corrected chi connectivity index (χ0v) is 15.1. The third-order valence-corrected chi connectivity index (χ3v) is 5.43. The first kappa shape index (κ1) is 17.7. The molecule has 23 heavy (non-hydrogen) atoms. The number of carbonyl (C=O) groups excluding carboxylic acids is 1. The molecule has 0 aromatic rings. The number of fused-ring (bicyclic) bond motifs is 1. The maximum Gasteiger partial charge on any atom is 0.143 e. The monoisotopic (exact) mass is 310 g/mol. The smallest absolute Gasteiger partial charge is 0.143 e. The highest BCUT2D eigenvalue weighted by Gasteiger charge is 2.33. The topological polar surface area (TPSA) is 17.1 Å². The highest BCUT2D eigenvalue weighted by Crippen LogP contribution is 2.47. The predicted molar refractivity (Wildman–Crippen MR) is 99.3 cm³/mol. The van der Waals surface area contributed by atoms with Crippen LogP contribution in [0.1, 0.15) is 66.2 Å². The van der Waals surface area contributed by atoms with Gasteiger partial charge < -0.3 is 0 Å². The third kappa shape index (κ3) is 4.43. The van der Waals surface area contributed by atoms with E-state index < -0.39 is 0 Å². The van der Waals surface area contributed by atoms with E-state index in [0.29, 0.717) is 5.41 Å². The highest BCUT2D eigenvalue weighted by atomic mass is 16.1. The summed E-state index contributed by atoms with van der Waals surface area (Å²) < 4.78 is 0. The van der Waals surface area contributed by atoms with Gasteiger partial charge in [0.15, 0.2) is 0 Å². The average molecular weight is 310 g/mol. The summed E-state index contributed by atoms with van der Waals surface area (Å²) in [7, 11) is 0. The van der Waals surface area contributed by atoms with Crippen LogP contribution in [-0.2, 0) is 4.79 Å². The Labute approximate surface area is 141 Å². The molecule has 0 aliphatic heterocycles. The van der Waals surface area contributed by atoms with E-state index in [9.17, 15) is 4.79 Å². The Morgan fingerprint density at radius 3 is 2.52 bits per heavy atom. The van der Waals surface area contributed by atoms with Crippen molar-refractivity contribution >= 4 is 6.29 Å². The van der Waals surface area contributed by atoms with Gasteiger partial charge in [-0.1, -0.05) is 36.8 Å². The van der Waals surface area contributed by atoms with Gasteiger partial charge in [0.2, 0.25) is 0 Å². The number of hydrogen-bond donors (Lipinski definition) is 0. The fourth-order valence-corrected chi connectivity index (χ4v) is 3.93. The van der Waals surface area contributed by atoms with Gasteiger partial charge in [-0.05, 0) is 93.1 Å². The molecule has 0 radical (unpaired) electrons. The van der Waals surface area contributed by atoms with Gasteiger partial charge in [0.05, 0.1) is 0 Å². The average Bonchev–Trinajstić information content (AvgIpc) is 2.67. The molecule has 0 fully saturated rings. The summed E-state index contributed by atoms with van der Waals surface area (Å²) >= 11 is 0.